The molecule has 0 aromatic heterocycles. The van der Waals surface area contributed by atoms with Gasteiger partial charge in [0.2, 0.25) is 17.7 Å². The van der Waals surface area contributed by atoms with Gasteiger partial charge in [0.1, 0.15) is 29.3 Å². The lowest BCUT2D eigenvalue weighted by Crippen LogP contribution is -2.62. The molecule has 0 spiro atoms. The minimum absolute atomic E-state index is 0.00707. The molecule has 0 unspecified atom stereocenters. The first kappa shape index (κ1) is 57.4. The first-order chi connectivity index (χ1) is 31.3. The second-order valence-corrected chi connectivity index (χ2v) is 19.2. The van der Waals surface area contributed by atoms with Gasteiger partial charge in [0.25, 0.3) is 5.91 Å². The number of aryl methyl sites for hydroxylation is 1. The summed E-state index contributed by atoms with van der Waals surface area (Å²) in [6.45, 7) is 19.6. The van der Waals surface area contributed by atoms with Crippen molar-refractivity contribution in [3.8, 4) is 11.1 Å². The number of carbonyl (C=O) groups excluding carboxylic acids is 6. The molecule has 374 valence electrons. The molecule has 18 heteroatoms. The van der Waals surface area contributed by atoms with Crippen molar-refractivity contribution in [3.63, 3.8) is 0 Å². The largest absolute Gasteiger partial charge is 0.480 e. The summed E-state index contributed by atoms with van der Waals surface area (Å²) in [5.74, 6) is -4.54. The lowest BCUT2D eigenvalue weighted by atomic mass is 10.0. The van der Waals surface area contributed by atoms with E-state index in [1.807, 2.05) is 38.1 Å². The maximum Gasteiger partial charge on any atom is 0.410 e. The number of rotatable bonds is 26. The second-order valence-electron chi connectivity index (χ2n) is 19.2. The van der Waals surface area contributed by atoms with Crippen LogP contribution >= 0.6 is 0 Å². The zero-order chi connectivity index (χ0) is 50.5. The topological polar surface area (TPSA) is 257 Å². The highest BCUT2D eigenvalue weighted by molar-refractivity contribution is 5.95. The van der Waals surface area contributed by atoms with Gasteiger partial charge in [-0.05, 0) is 115 Å². The molecule has 0 radical (unpaired) electrons. The van der Waals surface area contributed by atoms with Gasteiger partial charge < -0.3 is 56.5 Å². The molecule has 2 rings (SSSR count). The van der Waals surface area contributed by atoms with E-state index in [2.05, 4.69) is 57.8 Å². The molecule has 8 N–H and O–H groups in total. The van der Waals surface area contributed by atoms with E-state index < -0.39 is 83.4 Å². The summed E-state index contributed by atoms with van der Waals surface area (Å²) >= 11 is 0. The van der Waals surface area contributed by atoms with Crippen LogP contribution in [0.2, 0.25) is 0 Å². The smallest absolute Gasteiger partial charge is 0.410 e. The predicted octanol–water partition coefficient (Wildman–Crippen LogP) is 5.54. The second kappa shape index (κ2) is 27.8. The minimum Gasteiger partial charge on any atom is -0.480 e. The average Bonchev–Trinajstić information content (AvgIpc) is 3.22. The summed E-state index contributed by atoms with van der Waals surface area (Å²) in [6, 6.07) is 12.2. The highest BCUT2D eigenvalue weighted by atomic mass is 16.6. The number of nitrogens with zero attached hydrogens (tertiary/aromatic N) is 1. The Bertz CT molecular complexity index is 1910. The van der Waals surface area contributed by atoms with Gasteiger partial charge in [-0.3, -0.25) is 19.2 Å². The number of unbranched alkanes of at least 4 members (excludes halogenated alkanes) is 2. The number of alkyl carbamates (subject to hydrolysis) is 1. The van der Waals surface area contributed by atoms with Crippen LogP contribution in [0.5, 0.6) is 0 Å². The molecule has 0 heterocycles. The van der Waals surface area contributed by atoms with Crippen LogP contribution < -0.4 is 32.3 Å². The maximum atomic E-state index is 14.0. The van der Waals surface area contributed by atoms with Crippen molar-refractivity contribution >= 4 is 41.8 Å². The van der Waals surface area contributed by atoms with Gasteiger partial charge in [-0.15, -0.1) is 0 Å². The fourth-order valence-electron chi connectivity index (χ4n) is 6.52. The number of benzene rings is 2. The van der Waals surface area contributed by atoms with Crippen LogP contribution in [-0.4, -0.2) is 113 Å². The van der Waals surface area contributed by atoms with Gasteiger partial charge in [-0.2, -0.15) is 0 Å². The van der Waals surface area contributed by atoms with Crippen LogP contribution in [0.25, 0.3) is 11.1 Å². The van der Waals surface area contributed by atoms with Gasteiger partial charge in [0.05, 0.1) is 6.10 Å². The summed E-state index contributed by atoms with van der Waals surface area (Å²) in [5.41, 5.74) is 8.69. The number of hydrogen-bond acceptors (Lipinski definition) is 11. The fraction of sp³-hybridized carbons (Fsp3) is 0.612. The van der Waals surface area contributed by atoms with Crippen molar-refractivity contribution in [2.75, 3.05) is 19.7 Å². The summed E-state index contributed by atoms with van der Waals surface area (Å²) in [4.78, 5) is 92.4. The van der Waals surface area contributed by atoms with E-state index >= 15 is 0 Å². The highest BCUT2D eigenvalue weighted by Crippen LogP contribution is 2.23. The molecule has 0 fully saturated rings. The Labute approximate surface area is 396 Å². The zero-order valence-electron chi connectivity index (χ0n) is 41.4. The van der Waals surface area contributed by atoms with Crippen LogP contribution in [0.3, 0.4) is 0 Å². The van der Waals surface area contributed by atoms with E-state index in [1.165, 1.54) is 17.4 Å². The van der Waals surface area contributed by atoms with Crippen molar-refractivity contribution < 1.29 is 52.9 Å². The van der Waals surface area contributed by atoms with Crippen LogP contribution in [0.15, 0.2) is 48.5 Å². The molecule has 67 heavy (non-hydrogen) atoms. The Morgan fingerprint density at radius 1 is 0.701 bits per heavy atom. The Kier molecular flexibility index (Phi) is 23.8. The molecule has 6 amide bonds. The van der Waals surface area contributed by atoms with E-state index in [-0.39, 0.29) is 45.0 Å². The summed E-state index contributed by atoms with van der Waals surface area (Å²) in [6.07, 6.45) is -0.0799. The van der Waals surface area contributed by atoms with Crippen LogP contribution in [0.4, 0.5) is 9.59 Å². The van der Waals surface area contributed by atoms with Crippen molar-refractivity contribution in [3.05, 3.63) is 59.7 Å². The fourth-order valence-corrected chi connectivity index (χ4v) is 6.52. The van der Waals surface area contributed by atoms with Crippen molar-refractivity contribution in [1.29, 1.82) is 0 Å². The van der Waals surface area contributed by atoms with E-state index in [1.54, 1.807) is 48.5 Å². The van der Waals surface area contributed by atoms with Crippen molar-refractivity contribution in [1.82, 2.24) is 31.5 Å². The van der Waals surface area contributed by atoms with E-state index in [0.717, 1.165) is 36.0 Å². The third-order valence-electron chi connectivity index (χ3n) is 9.99. The Morgan fingerprint density at radius 3 is 1.81 bits per heavy atom. The number of nitrogens with two attached hydrogens (primary N) is 1. The highest BCUT2D eigenvalue weighted by Gasteiger charge is 2.34. The molecule has 2 aromatic rings. The van der Waals surface area contributed by atoms with Gasteiger partial charge >= 0.3 is 18.2 Å². The molecule has 2 aromatic carbocycles. The van der Waals surface area contributed by atoms with E-state index in [4.69, 9.17) is 19.9 Å². The third-order valence-corrected chi connectivity index (χ3v) is 9.99. The molecule has 0 aliphatic carbocycles. The summed E-state index contributed by atoms with van der Waals surface area (Å²) < 4.78 is 16.8. The number of ether oxygens (including phenoxy) is 3. The lowest BCUT2D eigenvalue weighted by Gasteiger charge is -2.30. The first-order valence-electron chi connectivity index (χ1n) is 23.2. The first-order valence-corrected chi connectivity index (χ1v) is 23.2. The molecular formula is C49H77N7O11. The number of amides is 6. The summed E-state index contributed by atoms with van der Waals surface area (Å²) in [5, 5.41) is 22.3. The summed E-state index contributed by atoms with van der Waals surface area (Å²) in [7, 11) is 0. The lowest BCUT2D eigenvalue weighted by molar-refractivity contribution is -0.142. The molecule has 0 bridgehead atoms. The molecule has 0 saturated carbocycles. The number of carbonyl (C=O) groups is 7. The third kappa shape index (κ3) is 23.0. The standard InChI is InChI=1S/C49H77N7O11/c1-12-13-16-34-18-22-36(23-19-34)37-24-20-35(21-25-37)29-56(47(64)67-49(9,10)11)28-26-38(52-33(5)57)42(58)54-40(32(4)65-30-31(2)3)43(59)55-41(50)44(60)53-39(45(61)62)17-14-15-27-51-46(63)66-48(6,7)8/h18-25,31-32,38-41H,12-17,26-30,50H2,1-11H3,(H,51,63)(H,52,57)(H,53,60)(H,54,58)(H,55,59)(H,61,62)/t32-,38-,39+,40+,41-/m0/s1. The van der Waals surface area contributed by atoms with Crippen LogP contribution in [0.1, 0.15) is 126 Å². The molecule has 0 aliphatic rings. The molecule has 5 atom stereocenters. The predicted molar refractivity (Wildman–Crippen MR) is 255 cm³/mol. The number of carboxylic acids is 1. The van der Waals surface area contributed by atoms with Gasteiger partial charge in [-0.1, -0.05) is 75.7 Å². The molecular weight excluding hydrogens is 863 g/mol. The Hall–Kier alpha value is -5.75. The number of nitrogens with one attached hydrogen (secondary N) is 5. The van der Waals surface area contributed by atoms with Gasteiger partial charge in [0, 0.05) is 33.2 Å². The Morgan fingerprint density at radius 2 is 1.28 bits per heavy atom. The zero-order valence-corrected chi connectivity index (χ0v) is 41.4. The van der Waals surface area contributed by atoms with Gasteiger partial charge in [-0.25, -0.2) is 14.4 Å². The molecule has 0 aliphatic heterocycles. The van der Waals surface area contributed by atoms with E-state index in [0.29, 0.717) is 12.8 Å². The number of hydrogen-bond donors (Lipinski definition) is 7. The van der Waals surface area contributed by atoms with Crippen molar-refractivity contribution in [2.24, 2.45) is 11.7 Å². The minimum atomic E-state index is -1.74. The van der Waals surface area contributed by atoms with Gasteiger partial charge in [0.15, 0.2) is 6.17 Å². The van der Waals surface area contributed by atoms with E-state index in [9.17, 15) is 38.7 Å². The normalized spacial score (nSPS) is 13.8. The van der Waals surface area contributed by atoms with Crippen LogP contribution in [-0.2, 0) is 51.1 Å². The van der Waals surface area contributed by atoms with Crippen molar-refractivity contribution in [2.45, 2.75) is 169 Å². The molecule has 18 nitrogen and oxygen atoms in total. The quantitative estimate of drug-likeness (QED) is 0.0454. The van der Waals surface area contributed by atoms with Crippen LogP contribution in [0, 0.1) is 5.92 Å². The number of carboxylic acid groups (broad SMARTS) is 1. The number of aliphatic carboxylic acids is 1. The molecule has 0 saturated heterocycles. The Balaban J connectivity index is 2.23. The SMILES string of the molecule is CCCCc1ccc(-c2ccc(CN(CC[C@H](NC(C)=O)C(=O)N[C@@H](C(=O)N[C@H](N)C(=O)N[C@H](CCCCNC(=O)OC(C)(C)C)C(=O)O)[C@H](C)OCC(C)C)C(=O)OC(C)(C)C)cc2)cc1. The monoisotopic (exact) mass is 940 g/mol. The maximum absolute atomic E-state index is 14.0. The average molecular weight is 940 g/mol.